The third kappa shape index (κ3) is 2.69. The maximum Gasteiger partial charge on any atom is 0.150 e. The van der Waals surface area contributed by atoms with Crippen molar-refractivity contribution in [2.75, 3.05) is 11.5 Å². The molecule has 100 valence electrons. The maximum atomic E-state index is 12.0. The van der Waals surface area contributed by atoms with Crippen molar-refractivity contribution in [3.63, 3.8) is 0 Å². The van der Waals surface area contributed by atoms with Crippen LogP contribution in [0, 0.1) is 0 Å². The molecule has 0 heterocycles. The summed E-state index contributed by atoms with van der Waals surface area (Å²) in [6.07, 6.45) is 3.93. The Labute approximate surface area is 109 Å². The molecule has 1 aliphatic carbocycles. The van der Waals surface area contributed by atoms with Gasteiger partial charge in [-0.1, -0.05) is 31.9 Å². The Hall–Kier alpha value is -1.03. The zero-order chi connectivity index (χ0) is 13.2. The number of sulfone groups is 1. The fourth-order valence-corrected chi connectivity index (χ4v) is 4.43. The van der Waals surface area contributed by atoms with Gasteiger partial charge in [0.25, 0.3) is 0 Å². The van der Waals surface area contributed by atoms with E-state index >= 15 is 0 Å². The monoisotopic (exact) mass is 268 g/mol. The Kier molecular flexibility index (Phi) is 3.66. The van der Waals surface area contributed by atoms with E-state index < -0.39 is 9.84 Å². The maximum absolute atomic E-state index is 12.0. The first-order valence-electron chi connectivity index (χ1n) is 6.47. The molecule has 1 aromatic carbocycles. The quantitative estimate of drug-likeness (QED) is 0.913. The first-order chi connectivity index (χ1) is 8.47. The van der Waals surface area contributed by atoms with Crippen molar-refractivity contribution in [2.45, 2.75) is 38.0 Å². The van der Waals surface area contributed by atoms with Crippen molar-refractivity contribution < 1.29 is 13.5 Å². The number of rotatable bonds is 4. The van der Waals surface area contributed by atoms with Crippen LogP contribution in [0.15, 0.2) is 24.3 Å². The molecule has 0 aromatic heterocycles. The summed E-state index contributed by atoms with van der Waals surface area (Å²) in [4.78, 5) is 0. The molecule has 1 aliphatic rings. The first kappa shape index (κ1) is 13.4. The van der Waals surface area contributed by atoms with Gasteiger partial charge in [-0.3, -0.25) is 0 Å². The molecular weight excluding hydrogens is 248 g/mol. The zero-order valence-corrected chi connectivity index (χ0v) is 11.5. The lowest BCUT2D eigenvalue weighted by molar-refractivity contribution is 0.458. The normalized spacial score (nSPS) is 18.9. The van der Waals surface area contributed by atoms with Crippen molar-refractivity contribution in [1.29, 1.82) is 0 Å². The fourth-order valence-electron chi connectivity index (χ4n) is 2.93. The third-order valence-corrected chi connectivity index (χ3v) is 5.83. The number of benzene rings is 1. The fraction of sp³-hybridized carbons (Fsp3) is 0.571. The Balaban J connectivity index is 2.39. The Morgan fingerprint density at radius 2 is 1.94 bits per heavy atom. The minimum Gasteiger partial charge on any atom is -0.508 e. The molecule has 0 unspecified atom stereocenters. The van der Waals surface area contributed by atoms with Gasteiger partial charge in [0.05, 0.1) is 5.75 Å². The van der Waals surface area contributed by atoms with Gasteiger partial charge in [0, 0.05) is 11.2 Å². The summed E-state index contributed by atoms with van der Waals surface area (Å²) in [7, 11) is -3.00. The molecule has 18 heavy (non-hydrogen) atoms. The van der Waals surface area contributed by atoms with E-state index in [9.17, 15) is 13.5 Å². The highest BCUT2D eigenvalue weighted by Crippen LogP contribution is 2.43. The van der Waals surface area contributed by atoms with Crippen LogP contribution >= 0.6 is 0 Å². The van der Waals surface area contributed by atoms with Gasteiger partial charge < -0.3 is 5.11 Å². The van der Waals surface area contributed by atoms with E-state index in [1.165, 1.54) is 0 Å². The van der Waals surface area contributed by atoms with E-state index in [1.807, 2.05) is 6.07 Å². The highest BCUT2D eigenvalue weighted by atomic mass is 32.2. The summed E-state index contributed by atoms with van der Waals surface area (Å²) in [5.74, 6) is 0.612. The average molecular weight is 268 g/mol. The molecule has 0 radical (unpaired) electrons. The number of phenols is 1. The predicted octanol–water partition coefficient (Wildman–Crippen LogP) is 2.64. The summed E-state index contributed by atoms with van der Waals surface area (Å²) < 4.78 is 23.9. The second kappa shape index (κ2) is 4.92. The van der Waals surface area contributed by atoms with Crippen molar-refractivity contribution in [1.82, 2.24) is 0 Å². The number of aromatic hydroxyl groups is 1. The number of hydrogen-bond acceptors (Lipinski definition) is 3. The van der Waals surface area contributed by atoms with Gasteiger partial charge in [0.1, 0.15) is 5.75 Å². The van der Waals surface area contributed by atoms with Crippen LogP contribution in [0.2, 0.25) is 0 Å². The summed E-state index contributed by atoms with van der Waals surface area (Å²) in [5.41, 5.74) is 0.685. The minimum absolute atomic E-state index is 0.188. The van der Waals surface area contributed by atoms with Crippen molar-refractivity contribution in [3.05, 3.63) is 29.8 Å². The molecule has 0 aliphatic heterocycles. The van der Waals surface area contributed by atoms with Crippen molar-refractivity contribution in [3.8, 4) is 5.75 Å². The summed E-state index contributed by atoms with van der Waals surface area (Å²) in [6.45, 7) is 1.69. The zero-order valence-electron chi connectivity index (χ0n) is 10.7. The van der Waals surface area contributed by atoms with Gasteiger partial charge >= 0.3 is 0 Å². The van der Waals surface area contributed by atoms with Crippen LogP contribution in [0.25, 0.3) is 0 Å². The molecule has 1 N–H and O–H groups in total. The first-order valence-corrected chi connectivity index (χ1v) is 8.29. The molecule has 3 nitrogen and oxygen atoms in total. The third-order valence-electron chi connectivity index (χ3n) is 3.96. The van der Waals surface area contributed by atoms with Gasteiger partial charge in [-0.05, 0) is 30.5 Å². The van der Waals surface area contributed by atoms with Crippen LogP contribution in [0.5, 0.6) is 5.75 Å². The van der Waals surface area contributed by atoms with Crippen LogP contribution in [0.3, 0.4) is 0 Å². The smallest absolute Gasteiger partial charge is 0.150 e. The van der Waals surface area contributed by atoms with Crippen molar-refractivity contribution >= 4 is 9.84 Å². The molecule has 2 rings (SSSR count). The number of phenolic OH excluding ortho intramolecular Hbond substituents is 1. The topological polar surface area (TPSA) is 54.4 Å². The van der Waals surface area contributed by atoms with Gasteiger partial charge in [0.2, 0.25) is 0 Å². The number of hydrogen-bond donors (Lipinski definition) is 1. The molecule has 0 amide bonds. The molecule has 0 spiro atoms. The largest absolute Gasteiger partial charge is 0.508 e. The summed E-state index contributed by atoms with van der Waals surface area (Å²) >= 11 is 0. The Morgan fingerprint density at radius 3 is 2.50 bits per heavy atom. The van der Waals surface area contributed by atoms with Gasteiger partial charge in [-0.25, -0.2) is 8.42 Å². The van der Waals surface area contributed by atoms with Crippen LogP contribution in [0.1, 0.15) is 38.2 Å². The standard InChI is InChI=1S/C14H20O3S/c1-2-18(16,17)11-14(8-3-4-9-14)12-6-5-7-13(15)10-12/h5-7,10,15H,2-4,8-9,11H2,1H3. The lowest BCUT2D eigenvalue weighted by Crippen LogP contribution is -2.32. The van der Waals surface area contributed by atoms with Gasteiger partial charge in [-0.15, -0.1) is 0 Å². The summed E-state index contributed by atoms with van der Waals surface area (Å²) in [6, 6.07) is 7.08. The lowest BCUT2D eigenvalue weighted by Gasteiger charge is -2.29. The van der Waals surface area contributed by atoms with Gasteiger partial charge in [0.15, 0.2) is 9.84 Å². The second-order valence-corrected chi connectivity index (χ2v) is 7.57. The predicted molar refractivity (Wildman–Crippen MR) is 72.6 cm³/mol. The Bertz CT molecular complexity index is 514. The molecule has 4 heteroatoms. The molecule has 0 saturated heterocycles. The SMILES string of the molecule is CCS(=O)(=O)CC1(c2cccc(O)c2)CCCC1. The molecule has 1 saturated carbocycles. The highest BCUT2D eigenvalue weighted by molar-refractivity contribution is 7.91. The van der Waals surface area contributed by atoms with Crippen LogP contribution in [-0.4, -0.2) is 25.0 Å². The van der Waals surface area contributed by atoms with E-state index in [0.29, 0.717) is 0 Å². The minimum atomic E-state index is -3.00. The van der Waals surface area contributed by atoms with Gasteiger partial charge in [-0.2, -0.15) is 0 Å². The molecular formula is C14H20O3S. The van der Waals surface area contributed by atoms with Crippen molar-refractivity contribution in [2.24, 2.45) is 0 Å². The second-order valence-electron chi connectivity index (χ2n) is 5.21. The van der Waals surface area contributed by atoms with Crippen LogP contribution in [0.4, 0.5) is 0 Å². The van der Waals surface area contributed by atoms with Crippen LogP contribution < -0.4 is 0 Å². The molecule has 1 fully saturated rings. The molecule has 0 bridgehead atoms. The van der Waals surface area contributed by atoms with E-state index in [-0.39, 0.29) is 22.7 Å². The lowest BCUT2D eigenvalue weighted by atomic mass is 9.81. The molecule has 0 atom stereocenters. The van der Waals surface area contributed by atoms with E-state index in [2.05, 4.69) is 0 Å². The van der Waals surface area contributed by atoms with E-state index in [0.717, 1.165) is 31.2 Å². The van der Waals surface area contributed by atoms with Crippen LogP contribution in [-0.2, 0) is 15.3 Å². The van der Waals surface area contributed by atoms with E-state index in [1.54, 1.807) is 25.1 Å². The average Bonchev–Trinajstić information content (AvgIpc) is 2.78. The Morgan fingerprint density at radius 1 is 1.28 bits per heavy atom. The van der Waals surface area contributed by atoms with E-state index in [4.69, 9.17) is 0 Å². The summed E-state index contributed by atoms with van der Waals surface area (Å²) in [5, 5.41) is 9.59. The highest BCUT2D eigenvalue weighted by Gasteiger charge is 2.39. The molecule has 1 aromatic rings.